The number of aromatic nitrogens is 3. The average Bonchev–Trinajstić information content (AvgIpc) is 2.67. The topological polar surface area (TPSA) is 96.7 Å². The Morgan fingerprint density at radius 1 is 1.60 bits per heavy atom. The van der Waals surface area contributed by atoms with E-state index in [9.17, 15) is 4.79 Å². The summed E-state index contributed by atoms with van der Waals surface area (Å²) in [6, 6.07) is 0. The van der Waals surface area contributed by atoms with E-state index in [0.29, 0.717) is 13.1 Å². The molecule has 1 amide bonds. The van der Waals surface area contributed by atoms with E-state index in [0.717, 1.165) is 25.1 Å². The van der Waals surface area contributed by atoms with Gasteiger partial charge < -0.3 is 11.1 Å². The molecule has 1 rings (SSSR count). The van der Waals surface area contributed by atoms with E-state index in [-0.39, 0.29) is 11.7 Å². The van der Waals surface area contributed by atoms with Gasteiger partial charge in [-0.15, -0.1) is 5.10 Å². The predicted molar refractivity (Wildman–Crippen MR) is 56.4 cm³/mol. The van der Waals surface area contributed by atoms with Gasteiger partial charge in [0, 0.05) is 13.0 Å². The summed E-state index contributed by atoms with van der Waals surface area (Å²) in [5.74, 6) is 0.707. The first-order chi connectivity index (χ1) is 7.27. The van der Waals surface area contributed by atoms with Crippen molar-refractivity contribution in [1.82, 2.24) is 20.5 Å². The van der Waals surface area contributed by atoms with Crippen LogP contribution in [0, 0.1) is 0 Å². The fourth-order valence-electron chi connectivity index (χ4n) is 1.13. The SMILES string of the molecule is CCCc1nc(C(=O)NCCCN)n[nH]1. The summed E-state index contributed by atoms with van der Waals surface area (Å²) in [5, 5.41) is 9.26. The Hall–Kier alpha value is -1.43. The summed E-state index contributed by atoms with van der Waals surface area (Å²) in [7, 11) is 0. The Morgan fingerprint density at radius 3 is 3.07 bits per heavy atom. The van der Waals surface area contributed by atoms with Crippen LogP contribution in [-0.4, -0.2) is 34.2 Å². The van der Waals surface area contributed by atoms with E-state index in [1.165, 1.54) is 0 Å². The summed E-state index contributed by atoms with van der Waals surface area (Å²) < 4.78 is 0. The number of carbonyl (C=O) groups excluding carboxylic acids is 1. The fraction of sp³-hybridized carbons (Fsp3) is 0.667. The van der Waals surface area contributed by atoms with Crippen LogP contribution in [0.3, 0.4) is 0 Å². The van der Waals surface area contributed by atoms with Crippen LogP contribution in [0.15, 0.2) is 0 Å². The number of aryl methyl sites for hydroxylation is 1. The molecule has 84 valence electrons. The minimum Gasteiger partial charge on any atom is -0.349 e. The van der Waals surface area contributed by atoms with Crippen molar-refractivity contribution < 1.29 is 4.79 Å². The van der Waals surface area contributed by atoms with Gasteiger partial charge in [0.05, 0.1) is 0 Å². The second-order valence-corrected chi connectivity index (χ2v) is 3.25. The van der Waals surface area contributed by atoms with Gasteiger partial charge in [0.2, 0.25) is 5.82 Å². The van der Waals surface area contributed by atoms with Crippen LogP contribution in [0.4, 0.5) is 0 Å². The van der Waals surface area contributed by atoms with Crippen LogP contribution in [0.25, 0.3) is 0 Å². The van der Waals surface area contributed by atoms with E-state index < -0.39 is 0 Å². The molecule has 6 heteroatoms. The molecule has 0 saturated heterocycles. The maximum Gasteiger partial charge on any atom is 0.290 e. The summed E-state index contributed by atoms with van der Waals surface area (Å²) in [5.41, 5.74) is 5.31. The highest BCUT2D eigenvalue weighted by Gasteiger charge is 2.10. The summed E-state index contributed by atoms with van der Waals surface area (Å²) in [4.78, 5) is 15.5. The molecule has 0 aliphatic carbocycles. The molecule has 0 spiro atoms. The summed E-state index contributed by atoms with van der Waals surface area (Å²) in [6.45, 7) is 3.17. The lowest BCUT2D eigenvalue weighted by atomic mass is 10.3. The quantitative estimate of drug-likeness (QED) is 0.569. The van der Waals surface area contributed by atoms with Crippen molar-refractivity contribution in [2.45, 2.75) is 26.2 Å². The molecule has 0 unspecified atom stereocenters. The van der Waals surface area contributed by atoms with Gasteiger partial charge in [-0.2, -0.15) is 0 Å². The van der Waals surface area contributed by atoms with Gasteiger partial charge >= 0.3 is 0 Å². The molecular weight excluding hydrogens is 194 g/mol. The predicted octanol–water partition coefficient (Wildman–Crippen LogP) is -0.164. The van der Waals surface area contributed by atoms with Crippen molar-refractivity contribution in [3.63, 3.8) is 0 Å². The molecule has 1 aromatic rings. The molecule has 1 aromatic heterocycles. The molecule has 0 radical (unpaired) electrons. The second kappa shape index (κ2) is 6.13. The number of hydrogen-bond acceptors (Lipinski definition) is 4. The minimum absolute atomic E-state index is 0.204. The molecule has 0 aromatic carbocycles. The number of amides is 1. The van der Waals surface area contributed by atoms with E-state index in [1.54, 1.807) is 0 Å². The Labute approximate surface area is 88.7 Å². The van der Waals surface area contributed by atoms with E-state index in [1.807, 2.05) is 6.92 Å². The lowest BCUT2D eigenvalue weighted by molar-refractivity contribution is 0.0943. The molecule has 1 heterocycles. The highest BCUT2D eigenvalue weighted by Crippen LogP contribution is 1.96. The van der Waals surface area contributed by atoms with Crippen LogP contribution in [-0.2, 0) is 6.42 Å². The Balaban J connectivity index is 2.43. The zero-order valence-corrected chi connectivity index (χ0v) is 8.92. The number of hydrogen-bond donors (Lipinski definition) is 3. The zero-order valence-electron chi connectivity index (χ0n) is 8.92. The Morgan fingerprint density at radius 2 is 2.40 bits per heavy atom. The van der Waals surface area contributed by atoms with Crippen molar-refractivity contribution >= 4 is 5.91 Å². The number of H-pyrrole nitrogens is 1. The molecule has 0 aliphatic heterocycles. The van der Waals surface area contributed by atoms with E-state index in [2.05, 4.69) is 20.5 Å². The molecule has 0 bridgehead atoms. The van der Waals surface area contributed by atoms with Gasteiger partial charge in [0.15, 0.2) is 0 Å². The van der Waals surface area contributed by atoms with Gasteiger partial charge in [-0.25, -0.2) is 4.98 Å². The molecule has 0 atom stereocenters. The molecule has 6 nitrogen and oxygen atoms in total. The summed E-state index contributed by atoms with van der Waals surface area (Å²) >= 11 is 0. The number of nitrogens with one attached hydrogen (secondary N) is 2. The van der Waals surface area contributed by atoms with Gasteiger partial charge in [0.25, 0.3) is 5.91 Å². The lowest BCUT2D eigenvalue weighted by Crippen LogP contribution is -2.26. The summed E-state index contributed by atoms with van der Waals surface area (Å²) in [6.07, 6.45) is 2.55. The van der Waals surface area contributed by atoms with E-state index in [4.69, 9.17) is 5.73 Å². The lowest BCUT2D eigenvalue weighted by Gasteiger charge is -1.99. The third kappa shape index (κ3) is 3.67. The van der Waals surface area contributed by atoms with Crippen molar-refractivity contribution in [2.75, 3.05) is 13.1 Å². The maximum atomic E-state index is 11.4. The standard InChI is InChI=1S/C9H17N5O/c1-2-4-7-12-8(14-13-7)9(15)11-6-3-5-10/h2-6,10H2,1H3,(H,11,15)(H,12,13,14). The van der Waals surface area contributed by atoms with Crippen molar-refractivity contribution in [1.29, 1.82) is 0 Å². The molecule has 15 heavy (non-hydrogen) atoms. The highest BCUT2D eigenvalue weighted by molar-refractivity contribution is 5.90. The minimum atomic E-state index is -0.248. The van der Waals surface area contributed by atoms with Gasteiger partial charge in [-0.05, 0) is 19.4 Å². The normalized spacial score (nSPS) is 10.3. The average molecular weight is 211 g/mol. The second-order valence-electron chi connectivity index (χ2n) is 3.25. The number of nitrogens with two attached hydrogens (primary N) is 1. The van der Waals surface area contributed by atoms with Crippen LogP contribution < -0.4 is 11.1 Å². The van der Waals surface area contributed by atoms with Gasteiger partial charge in [0.1, 0.15) is 5.82 Å². The molecular formula is C9H17N5O. The fourth-order valence-corrected chi connectivity index (χ4v) is 1.13. The molecule has 0 fully saturated rings. The number of carbonyl (C=O) groups is 1. The van der Waals surface area contributed by atoms with Crippen LogP contribution >= 0.6 is 0 Å². The van der Waals surface area contributed by atoms with Gasteiger partial charge in [-0.1, -0.05) is 6.92 Å². The highest BCUT2D eigenvalue weighted by atomic mass is 16.2. The van der Waals surface area contributed by atoms with Crippen LogP contribution in [0.5, 0.6) is 0 Å². The Kier molecular flexibility index (Phi) is 4.76. The largest absolute Gasteiger partial charge is 0.349 e. The third-order valence-electron chi connectivity index (χ3n) is 1.89. The zero-order chi connectivity index (χ0) is 11.1. The van der Waals surface area contributed by atoms with Crippen molar-refractivity contribution in [2.24, 2.45) is 5.73 Å². The number of nitrogens with zero attached hydrogens (tertiary/aromatic N) is 2. The first-order valence-electron chi connectivity index (χ1n) is 5.17. The molecule has 4 N–H and O–H groups in total. The van der Waals surface area contributed by atoms with E-state index >= 15 is 0 Å². The monoisotopic (exact) mass is 211 g/mol. The van der Waals surface area contributed by atoms with Crippen LogP contribution in [0.2, 0.25) is 0 Å². The van der Waals surface area contributed by atoms with Crippen molar-refractivity contribution in [3.05, 3.63) is 11.6 Å². The first kappa shape index (κ1) is 11.6. The van der Waals surface area contributed by atoms with Gasteiger partial charge in [-0.3, -0.25) is 9.89 Å². The van der Waals surface area contributed by atoms with Crippen LogP contribution in [0.1, 0.15) is 36.2 Å². The number of aromatic amines is 1. The van der Waals surface area contributed by atoms with Crippen molar-refractivity contribution in [3.8, 4) is 0 Å². The smallest absolute Gasteiger partial charge is 0.290 e. The molecule has 0 aliphatic rings. The molecule has 0 saturated carbocycles. The number of rotatable bonds is 6. The maximum absolute atomic E-state index is 11.4. The Bertz CT molecular complexity index is 309. The third-order valence-corrected chi connectivity index (χ3v) is 1.89. The first-order valence-corrected chi connectivity index (χ1v) is 5.17.